The number of rotatable bonds is 2. The van der Waals surface area contributed by atoms with Gasteiger partial charge in [-0.2, -0.15) is 0 Å². The normalized spacial score (nSPS) is 29.8. The molecule has 0 spiro atoms. The van der Waals surface area contributed by atoms with E-state index in [1.165, 1.54) is 12.8 Å². The van der Waals surface area contributed by atoms with Crippen molar-refractivity contribution in [1.82, 2.24) is 15.1 Å². The molecule has 100 valence electrons. The average Bonchev–Trinajstić information content (AvgIpc) is 3.04. The number of amides is 1. The maximum atomic E-state index is 12.2. The van der Waals surface area contributed by atoms with Crippen LogP contribution in [0.4, 0.5) is 0 Å². The van der Waals surface area contributed by atoms with E-state index in [1.54, 1.807) is 0 Å². The molecule has 17 heavy (non-hydrogen) atoms. The van der Waals surface area contributed by atoms with Crippen LogP contribution in [0.5, 0.6) is 0 Å². The highest BCUT2D eigenvalue weighted by Crippen LogP contribution is 2.31. The van der Waals surface area contributed by atoms with Crippen molar-refractivity contribution >= 4 is 30.7 Å². The fraction of sp³-hybridized carbons (Fsp3) is 0.909. The van der Waals surface area contributed by atoms with E-state index < -0.39 is 0 Å². The lowest BCUT2D eigenvalue weighted by atomic mass is 10.2. The first-order chi connectivity index (χ1) is 7.36. The minimum atomic E-state index is 0. The standard InChI is InChI=1S/C11H19N3O.2ClH/c15-11-10(13-7-4-12-5-8-13)3-6-14(11)9-1-2-9;;/h9-10,12H,1-8H2;2*1H. The molecule has 3 rings (SSSR count). The smallest absolute Gasteiger partial charge is 0.240 e. The Morgan fingerprint density at radius 3 is 2.24 bits per heavy atom. The molecule has 6 heteroatoms. The molecule has 2 saturated heterocycles. The summed E-state index contributed by atoms with van der Waals surface area (Å²) in [5.41, 5.74) is 0. The van der Waals surface area contributed by atoms with Gasteiger partial charge in [0.15, 0.2) is 0 Å². The van der Waals surface area contributed by atoms with Crippen molar-refractivity contribution in [3.63, 3.8) is 0 Å². The Morgan fingerprint density at radius 2 is 1.65 bits per heavy atom. The quantitative estimate of drug-likeness (QED) is 0.801. The van der Waals surface area contributed by atoms with Crippen LogP contribution in [0.1, 0.15) is 19.3 Å². The van der Waals surface area contributed by atoms with Gasteiger partial charge in [-0.15, -0.1) is 24.8 Å². The summed E-state index contributed by atoms with van der Waals surface area (Å²) in [6.07, 6.45) is 3.52. The molecule has 3 fully saturated rings. The zero-order chi connectivity index (χ0) is 10.3. The summed E-state index contributed by atoms with van der Waals surface area (Å²) in [6.45, 7) is 5.14. The molecule has 1 amide bonds. The number of hydrogen-bond donors (Lipinski definition) is 1. The molecule has 1 atom stereocenters. The second kappa shape index (κ2) is 6.23. The molecule has 4 nitrogen and oxygen atoms in total. The number of halogens is 2. The molecule has 2 heterocycles. The summed E-state index contributed by atoms with van der Waals surface area (Å²) < 4.78 is 0. The predicted molar refractivity (Wildman–Crippen MR) is 72.1 cm³/mol. The van der Waals surface area contributed by atoms with E-state index in [4.69, 9.17) is 0 Å². The van der Waals surface area contributed by atoms with Gasteiger partial charge >= 0.3 is 0 Å². The first-order valence-electron chi connectivity index (χ1n) is 6.11. The van der Waals surface area contributed by atoms with Gasteiger partial charge in [0.05, 0.1) is 6.04 Å². The van der Waals surface area contributed by atoms with Gasteiger partial charge in [-0.05, 0) is 19.3 Å². The SMILES string of the molecule is Cl.Cl.O=C1C(N2CCNCC2)CCN1C1CC1. The van der Waals surface area contributed by atoms with Gasteiger partial charge in [0.25, 0.3) is 0 Å². The van der Waals surface area contributed by atoms with Gasteiger partial charge in [0, 0.05) is 38.8 Å². The average molecular weight is 282 g/mol. The van der Waals surface area contributed by atoms with Crippen molar-refractivity contribution in [2.75, 3.05) is 32.7 Å². The van der Waals surface area contributed by atoms with E-state index in [0.717, 1.165) is 39.1 Å². The van der Waals surface area contributed by atoms with Crippen molar-refractivity contribution in [3.05, 3.63) is 0 Å². The Labute approximate surface area is 115 Å². The molecule has 1 saturated carbocycles. The van der Waals surface area contributed by atoms with Crippen LogP contribution in [0.2, 0.25) is 0 Å². The molecular formula is C11H21Cl2N3O. The minimum Gasteiger partial charge on any atom is -0.338 e. The molecule has 2 aliphatic heterocycles. The van der Waals surface area contributed by atoms with E-state index in [2.05, 4.69) is 15.1 Å². The summed E-state index contributed by atoms with van der Waals surface area (Å²) in [5, 5.41) is 3.33. The second-order valence-corrected chi connectivity index (χ2v) is 4.85. The summed E-state index contributed by atoms with van der Waals surface area (Å²) in [7, 11) is 0. The zero-order valence-corrected chi connectivity index (χ0v) is 11.6. The summed E-state index contributed by atoms with van der Waals surface area (Å²) in [4.78, 5) is 16.6. The lowest BCUT2D eigenvalue weighted by Gasteiger charge is -2.31. The topological polar surface area (TPSA) is 35.6 Å². The van der Waals surface area contributed by atoms with Gasteiger partial charge < -0.3 is 10.2 Å². The first-order valence-corrected chi connectivity index (χ1v) is 6.11. The lowest BCUT2D eigenvalue weighted by Crippen LogP contribution is -2.51. The molecule has 1 unspecified atom stereocenters. The third-order valence-corrected chi connectivity index (χ3v) is 3.79. The van der Waals surface area contributed by atoms with Crippen molar-refractivity contribution in [2.45, 2.75) is 31.3 Å². The van der Waals surface area contributed by atoms with Crippen LogP contribution >= 0.6 is 24.8 Å². The van der Waals surface area contributed by atoms with Crippen LogP contribution in [0.3, 0.4) is 0 Å². The van der Waals surface area contributed by atoms with Gasteiger partial charge in [-0.3, -0.25) is 9.69 Å². The Bertz CT molecular complexity index is 267. The highest BCUT2D eigenvalue weighted by Gasteiger charge is 2.42. The third kappa shape index (κ3) is 3.05. The number of nitrogens with zero attached hydrogens (tertiary/aromatic N) is 2. The van der Waals surface area contributed by atoms with Crippen LogP contribution in [0.25, 0.3) is 0 Å². The molecule has 0 bridgehead atoms. The van der Waals surface area contributed by atoms with E-state index in [9.17, 15) is 4.79 Å². The van der Waals surface area contributed by atoms with Crippen LogP contribution in [0, 0.1) is 0 Å². The van der Waals surface area contributed by atoms with Gasteiger partial charge in [0.1, 0.15) is 0 Å². The Kier molecular flexibility index (Phi) is 5.51. The number of piperazine rings is 1. The number of nitrogens with one attached hydrogen (secondary N) is 1. The maximum Gasteiger partial charge on any atom is 0.240 e. The van der Waals surface area contributed by atoms with Crippen LogP contribution < -0.4 is 5.32 Å². The Hall–Kier alpha value is -0.0300. The third-order valence-electron chi connectivity index (χ3n) is 3.79. The fourth-order valence-electron chi connectivity index (χ4n) is 2.77. The summed E-state index contributed by atoms with van der Waals surface area (Å²) >= 11 is 0. The van der Waals surface area contributed by atoms with Gasteiger partial charge in [0.2, 0.25) is 5.91 Å². The van der Waals surface area contributed by atoms with Crippen LogP contribution in [0.15, 0.2) is 0 Å². The van der Waals surface area contributed by atoms with Gasteiger partial charge in [-0.1, -0.05) is 0 Å². The Morgan fingerprint density at radius 1 is 1.00 bits per heavy atom. The second-order valence-electron chi connectivity index (χ2n) is 4.85. The maximum absolute atomic E-state index is 12.2. The summed E-state index contributed by atoms with van der Waals surface area (Å²) in [5.74, 6) is 0.402. The predicted octanol–water partition coefficient (Wildman–Crippen LogP) is 0.498. The number of hydrogen-bond acceptors (Lipinski definition) is 3. The van der Waals surface area contributed by atoms with Crippen molar-refractivity contribution in [1.29, 1.82) is 0 Å². The zero-order valence-electron chi connectivity index (χ0n) is 9.93. The van der Waals surface area contributed by atoms with E-state index in [0.29, 0.717) is 11.9 Å². The van der Waals surface area contributed by atoms with E-state index in [-0.39, 0.29) is 30.9 Å². The van der Waals surface area contributed by atoms with E-state index in [1.807, 2.05) is 0 Å². The fourth-order valence-corrected chi connectivity index (χ4v) is 2.77. The van der Waals surface area contributed by atoms with E-state index >= 15 is 0 Å². The summed E-state index contributed by atoms with van der Waals surface area (Å²) in [6, 6.07) is 0.804. The molecule has 0 aromatic heterocycles. The molecule has 0 aromatic rings. The highest BCUT2D eigenvalue weighted by atomic mass is 35.5. The first kappa shape index (κ1) is 15.0. The molecule has 1 aliphatic carbocycles. The molecule has 3 aliphatic rings. The van der Waals surface area contributed by atoms with Crippen LogP contribution in [-0.2, 0) is 4.79 Å². The number of likely N-dealkylation sites (tertiary alicyclic amines) is 1. The van der Waals surface area contributed by atoms with Crippen molar-refractivity contribution in [2.24, 2.45) is 0 Å². The molecule has 1 N–H and O–H groups in total. The van der Waals surface area contributed by atoms with Crippen molar-refractivity contribution < 1.29 is 4.79 Å². The lowest BCUT2D eigenvalue weighted by molar-refractivity contribution is -0.132. The Balaban J connectivity index is 0.000000722. The molecular weight excluding hydrogens is 261 g/mol. The minimum absolute atomic E-state index is 0. The van der Waals surface area contributed by atoms with Crippen LogP contribution in [-0.4, -0.2) is 60.5 Å². The largest absolute Gasteiger partial charge is 0.338 e. The van der Waals surface area contributed by atoms with Gasteiger partial charge in [-0.25, -0.2) is 0 Å². The number of carbonyl (C=O) groups is 1. The molecule has 0 aromatic carbocycles. The monoisotopic (exact) mass is 281 g/mol. The number of carbonyl (C=O) groups excluding carboxylic acids is 1. The van der Waals surface area contributed by atoms with Crippen molar-refractivity contribution in [3.8, 4) is 0 Å². The molecule has 0 radical (unpaired) electrons. The highest BCUT2D eigenvalue weighted by molar-refractivity contribution is 5.85.